The second kappa shape index (κ2) is 6.84. The van der Waals surface area contributed by atoms with Crippen molar-refractivity contribution in [3.8, 4) is 6.07 Å². The van der Waals surface area contributed by atoms with Crippen molar-refractivity contribution in [1.29, 1.82) is 5.26 Å². The second-order valence-corrected chi connectivity index (χ2v) is 4.52. The van der Waals surface area contributed by atoms with Crippen molar-refractivity contribution in [3.63, 3.8) is 0 Å². The summed E-state index contributed by atoms with van der Waals surface area (Å²) in [5.74, 6) is 0.684. The predicted molar refractivity (Wildman–Crippen MR) is 58.9 cm³/mol. The van der Waals surface area contributed by atoms with Gasteiger partial charge in [-0.25, -0.2) is 0 Å². The van der Waals surface area contributed by atoms with E-state index in [1.54, 1.807) is 0 Å². The minimum absolute atomic E-state index is 0.684. The molecule has 0 saturated carbocycles. The monoisotopic (exact) mass is 194 g/mol. The fraction of sp³-hybridized carbons (Fsp3) is 0.917. The molecule has 1 aliphatic rings. The molecule has 1 fully saturated rings. The van der Waals surface area contributed by atoms with Gasteiger partial charge in [0.05, 0.1) is 6.07 Å². The summed E-state index contributed by atoms with van der Waals surface area (Å²) in [6, 6.07) is 2.32. The summed E-state index contributed by atoms with van der Waals surface area (Å²) in [6.45, 7) is 2.47. The van der Waals surface area contributed by atoms with Gasteiger partial charge in [0.1, 0.15) is 0 Å². The molecule has 2 heteroatoms. The third-order valence-electron chi connectivity index (χ3n) is 3.18. The highest BCUT2D eigenvalue weighted by molar-refractivity contribution is 4.76. The van der Waals surface area contributed by atoms with Gasteiger partial charge in [0.15, 0.2) is 0 Å². The van der Waals surface area contributed by atoms with Gasteiger partial charge in [-0.05, 0) is 51.7 Å². The van der Waals surface area contributed by atoms with Gasteiger partial charge in [0, 0.05) is 6.42 Å². The third-order valence-corrected chi connectivity index (χ3v) is 3.18. The number of hydrogen-bond donors (Lipinski definition) is 0. The molecule has 0 spiro atoms. The molecule has 80 valence electrons. The first-order valence-corrected chi connectivity index (χ1v) is 5.88. The number of hydrogen-bond acceptors (Lipinski definition) is 2. The molecule has 0 radical (unpaired) electrons. The van der Waals surface area contributed by atoms with E-state index in [4.69, 9.17) is 5.26 Å². The average molecular weight is 194 g/mol. The first-order chi connectivity index (χ1) is 6.83. The van der Waals surface area contributed by atoms with E-state index in [1.807, 2.05) is 0 Å². The van der Waals surface area contributed by atoms with E-state index in [1.165, 1.54) is 51.6 Å². The van der Waals surface area contributed by atoms with E-state index >= 15 is 0 Å². The summed E-state index contributed by atoms with van der Waals surface area (Å²) in [5.41, 5.74) is 0. The van der Waals surface area contributed by atoms with Crippen LogP contribution in [0.25, 0.3) is 0 Å². The van der Waals surface area contributed by atoms with Gasteiger partial charge < -0.3 is 4.90 Å². The van der Waals surface area contributed by atoms with E-state index in [0.717, 1.165) is 6.42 Å². The molecule has 1 rings (SSSR count). The fourth-order valence-corrected chi connectivity index (χ4v) is 2.22. The van der Waals surface area contributed by atoms with Gasteiger partial charge >= 0.3 is 0 Å². The van der Waals surface area contributed by atoms with Crippen LogP contribution < -0.4 is 0 Å². The van der Waals surface area contributed by atoms with Crippen LogP contribution in [0.4, 0.5) is 0 Å². The molecule has 0 aliphatic carbocycles. The normalized spacial score (nSPS) is 22.9. The van der Waals surface area contributed by atoms with Crippen LogP contribution in [-0.2, 0) is 0 Å². The van der Waals surface area contributed by atoms with Gasteiger partial charge in [0.2, 0.25) is 0 Å². The van der Waals surface area contributed by atoms with E-state index < -0.39 is 0 Å². The molecule has 0 N–H and O–H groups in total. The summed E-state index contributed by atoms with van der Waals surface area (Å²) in [4.78, 5) is 2.44. The van der Waals surface area contributed by atoms with Crippen molar-refractivity contribution in [1.82, 2.24) is 4.90 Å². The highest BCUT2D eigenvalue weighted by Gasteiger charge is 2.10. The summed E-state index contributed by atoms with van der Waals surface area (Å²) in [5, 5.41) is 8.69. The molecular weight excluding hydrogens is 172 g/mol. The largest absolute Gasteiger partial charge is 0.306 e. The quantitative estimate of drug-likeness (QED) is 0.642. The molecule has 0 aromatic rings. The summed E-state index contributed by atoms with van der Waals surface area (Å²) in [7, 11) is 2.22. The van der Waals surface area contributed by atoms with Crippen molar-refractivity contribution < 1.29 is 0 Å². The molecule has 0 amide bonds. The summed E-state index contributed by atoms with van der Waals surface area (Å²) in [6.07, 6.45) is 8.52. The van der Waals surface area contributed by atoms with Crippen molar-refractivity contribution in [3.05, 3.63) is 0 Å². The molecule has 2 nitrogen and oxygen atoms in total. The molecule has 0 atom stereocenters. The van der Waals surface area contributed by atoms with Crippen molar-refractivity contribution in [2.24, 2.45) is 5.92 Å². The molecule has 0 bridgehead atoms. The zero-order valence-electron chi connectivity index (χ0n) is 9.34. The Morgan fingerprint density at radius 2 is 1.71 bits per heavy atom. The fourth-order valence-electron chi connectivity index (χ4n) is 2.22. The van der Waals surface area contributed by atoms with Gasteiger partial charge in [-0.2, -0.15) is 5.26 Å². The maximum Gasteiger partial charge on any atom is 0.0624 e. The summed E-state index contributed by atoms with van der Waals surface area (Å²) < 4.78 is 0. The topological polar surface area (TPSA) is 27.0 Å². The molecule has 1 saturated heterocycles. The average Bonchev–Trinajstić information content (AvgIpc) is 2.19. The zero-order valence-corrected chi connectivity index (χ0v) is 9.34. The van der Waals surface area contributed by atoms with Crippen LogP contribution in [0.5, 0.6) is 0 Å². The minimum atomic E-state index is 0.684. The third kappa shape index (κ3) is 4.62. The lowest BCUT2D eigenvalue weighted by molar-refractivity contribution is 0.288. The van der Waals surface area contributed by atoms with Gasteiger partial charge in [-0.1, -0.05) is 12.8 Å². The number of nitrogens with zero attached hydrogens (tertiary/aromatic N) is 2. The Bertz CT molecular complexity index is 171. The molecule has 0 aromatic carbocycles. The highest BCUT2D eigenvalue weighted by Crippen LogP contribution is 2.20. The molecule has 14 heavy (non-hydrogen) atoms. The Balaban J connectivity index is 2.28. The zero-order chi connectivity index (χ0) is 10.2. The first kappa shape index (κ1) is 11.5. The number of rotatable bonds is 1. The maximum atomic E-state index is 8.69. The second-order valence-electron chi connectivity index (χ2n) is 4.52. The lowest BCUT2D eigenvalue weighted by atomic mass is 9.92. The Labute approximate surface area is 87.9 Å². The smallest absolute Gasteiger partial charge is 0.0624 e. The van der Waals surface area contributed by atoms with Crippen LogP contribution in [0.1, 0.15) is 44.9 Å². The minimum Gasteiger partial charge on any atom is -0.306 e. The van der Waals surface area contributed by atoms with Crippen LogP contribution in [0, 0.1) is 17.2 Å². The Morgan fingerprint density at radius 1 is 1.14 bits per heavy atom. The van der Waals surface area contributed by atoms with Crippen molar-refractivity contribution >= 4 is 0 Å². The molecule has 0 unspecified atom stereocenters. The van der Waals surface area contributed by atoms with Crippen molar-refractivity contribution in [2.45, 2.75) is 44.9 Å². The standard InChI is InChI=1S/C12H22N2/c1-14-10-4-2-6-12(8-9-13)7-3-5-11-14/h12H,2-8,10-11H2,1H3. The lowest BCUT2D eigenvalue weighted by Gasteiger charge is -2.20. The lowest BCUT2D eigenvalue weighted by Crippen LogP contribution is -2.22. The van der Waals surface area contributed by atoms with Gasteiger partial charge in [-0.3, -0.25) is 0 Å². The molecular formula is C12H22N2. The van der Waals surface area contributed by atoms with E-state index in [2.05, 4.69) is 18.0 Å². The van der Waals surface area contributed by atoms with E-state index in [-0.39, 0.29) is 0 Å². The molecule has 1 heterocycles. The Morgan fingerprint density at radius 3 is 2.21 bits per heavy atom. The first-order valence-electron chi connectivity index (χ1n) is 5.88. The Hall–Kier alpha value is -0.550. The van der Waals surface area contributed by atoms with E-state index in [0.29, 0.717) is 5.92 Å². The van der Waals surface area contributed by atoms with E-state index in [9.17, 15) is 0 Å². The van der Waals surface area contributed by atoms with Crippen LogP contribution in [0.2, 0.25) is 0 Å². The van der Waals surface area contributed by atoms with Gasteiger partial charge in [-0.15, -0.1) is 0 Å². The predicted octanol–water partition coefficient (Wildman–Crippen LogP) is 2.80. The van der Waals surface area contributed by atoms with Gasteiger partial charge in [0.25, 0.3) is 0 Å². The maximum absolute atomic E-state index is 8.69. The van der Waals surface area contributed by atoms with Crippen LogP contribution in [-0.4, -0.2) is 25.0 Å². The van der Waals surface area contributed by atoms with Crippen LogP contribution >= 0.6 is 0 Å². The SMILES string of the molecule is CN1CCCCC(CC#N)CCCC1. The molecule has 1 aliphatic heterocycles. The van der Waals surface area contributed by atoms with Crippen LogP contribution in [0.15, 0.2) is 0 Å². The van der Waals surface area contributed by atoms with Crippen LogP contribution in [0.3, 0.4) is 0 Å². The summed E-state index contributed by atoms with van der Waals surface area (Å²) >= 11 is 0. The number of nitriles is 1. The molecule has 0 aromatic heterocycles. The van der Waals surface area contributed by atoms with Crippen molar-refractivity contribution in [2.75, 3.05) is 20.1 Å². The highest BCUT2D eigenvalue weighted by atomic mass is 15.1. The Kier molecular flexibility index (Phi) is 5.63.